The van der Waals surface area contributed by atoms with Crippen molar-refractivity contribution in [1.29, 1.82) is 0 Å². The van der Waals surface area contributed by atoms with Gasteiger partial charge >= 0.3 is 0 Å². The van der Waals surface area contributed by atoms with Crippen LogP contribution in [0, 0.1) is 6.92 Å². The molecular formula is C15H26N2. The smallest absolute Gasteiger partial charge is 0.0368 e. The number of hydrogen-bond donors (Lipinski definition) is 1. The summed E-state index contributed by atoms with van der Waals surface area (Å²) in [6.07, 6.45) is 2.15. The maximum absolute atomic E-state index is 5.85. The molecule has 1 atom stereocenters. The van der Waals surface area contributed by atoms with E-state index in [4.69, 9.17) is 5.73 Å². The van der Waals surface area contributed by atoms with Crippen molar-refractivity contribution in [3.05, 3.63) is 29.3 Å². The van der Waals surface area contributed by atoms with Gasteiger partial charge in [-0.2, -0.15) is 0 Å². The molecule has 96 valence electrons. The van der Waals surface area contributed by atoms with Crippen LogP contribution in [0.1, 0.15) is 38.3 Å². The predicted octanol–water partition coefficient (Wildman–Crippen LogP) is 3.12. The fourth-order valence-electron chi connectivity index (χ4n) is 2.19. The first-order valence-electron chi connectivity index (χ1n) is 6.68. The van der Waals surface area contributed by atoms with Crippen molar-refractivity contribution in [2.75, 3.05) is 18.0 Å². The number of benzene rings is 1. The fraction of sp³-hybridized carbons (Fsp3) is 0.600. The second-order valence-corrected chi connectivity index (χ2v) is 4.87. The number of rotatable bonds is 6. The molecule has 0 spiro atoms. The summed E-state index contributed by atoms with van der Waals surface area (Å²) >= 11 is 0. The molecule has 0 radical (unpaired) electrons. The van der Waals surface area contributed by atoms with Crippen molar-refractivity contribution in [1.82, 2.24) is 0 Å². The maximum atomic E-state index is 5.85. The Labute approximate surface area is 106 Å². The van der Waals surface area contributed by atoms with Gasteiger partial charge in [0.2, 0.25) is 0 Å². The van der Waals surface area contributed by atoms with Gasteiger partial charge in [-0.15, -0.1) is 0 Å². The van der Waals surface area contributed by atoms with Crippen molar-refractivity contribution in [2.45, 2.75) is 46.6 Å². The van der Waals surface area contributed by atoms with E-state index in [2.05, 4.69) is 50.8 Å². The van der Waals surface area contributed by atoms with E-state index in [1.54, 1.807) is 0 Å². The first-order chi connectivity index (χ1) is 8.08. The molecule has 1 unspecified atom stereocenters. The molecule has 2 N–H and O–H groups in total. The third kappa shape index (κ3) is 4.04. The maximum Gasteiger partial charge on any atom is 0.0368 e. The first kappa shape index (κ1) is 14.0. The van der Waals surface area contributed by atoms with E-state index in [0.29, 0.717) is 0 Å². The van der Waals surface area contributed by atoms with Gasteiger partial charge in [0.05, 0.1) is 0 Å². The molecule has 17 heavy (non-hydrogen) atoms. The molecule has 0 saturated heterocycles. The van der Waals surface area contributed by atoms with Crippen LogP contribution in [0.15, 0.2) is 18.2 Å². The summed E-state index contributed by atoms with van der Waals surface area (Å²) in [5.41, 5.74) is 9.92. The molecule has 2 nitrogen and oxygen atoms in total. The molecule has 2 heteroatoms. The van der Waals surface area contributed by atoms with Crippen LogP contribution in [0.2, 0.25) is 0 Å². The van der Waals surface area contributed by atoms with Gasteiger partial charge in [0, 0.05) is 24.8 Å². The average molecular weight is 234 g/mol. The lowest BCUT2D eigenvalue weighted by molar-refractivity contribution is 0.734. The van der Waals surface area contributed by atoms with Crippen molar-refractivity contribution < 1.29 is 0 Å². The van der Waals surface area contributed by atoms with Crippen LogP contribution < -0.4 is 10.6 Å². The van der Waals surface area contributed by atoms with E-state index in [-0.39, 0.29) is 6.04 Å². The second-order valence-electron chi connectivity index (χ2n) is 4.87. The number of anilines is 1. The molecule has 0 aliphatic rings. The SMILES string of the molecule is CCCN(CC)c1ccc(CC(C)N)c(C)c1. The molecular weight excluding hydrogens is 208 g/mol. The van der Waals surface area contributed by atoms with E-state index >= 15 is 0 Å². The molecule has 0 amide bonds. The minimum absolute atomic E-state index is 0.234. The summed E-state index contributed by atoms with van der Waals surface area (Å²) in [6.45, 7) is 10.9. The van der Waals surface area contributed by atoms with Crippen LogP contribution in [-0.2, 0) is 6.42 Å². The Morgan fingerprint density at radius 2 is 2.00 bits per heavy atom. The Morgan fingerprint density at radius 3 is 2.47 bits per heavy atom. The second kappa shape index (κ2) is 6.65. The van der Waals surface area contributed by atoms with Crippen molar-refractivity contribution in [3.8, 4) is 0 Å². The van der Waals surface area contributed by atoms with Crippen LogP contribution in [0.25, 0.3) is 0 Å². The summed E-state index contributed by atoms with van der Waals surface area (Å²) in [5.74, 6) is 0. The normalized spacial score (nSPS) is 12.5. The molecule has 0 fully saturated rings. The summed E-state index contributed by atoms with van der Waals surface area (Å²) in [4.78, 5) is 2.42. The monoisotopic (exact) mass is 234 g/mol. The quantitative estimate of drug-likeness (QED) is 0.819. The summed E-state index contributed by atoms with van der Waals surface area (Å²) in [6, 6.07) is 6.98. The Hall–Kier alpha value is -1.02. The third-order valence-corrected chi connectivity index (χ3v) is 3.11. The summed E-state index contributed by atoms with van der Waals surface area (Å²) in [5, 5.41) is 0. The number of hydrogen-bond acceptors (Lipinski definition) is 2. The Morgan fingerprint density at radius 1 is 1.29 bits per heavy atom. The highest BCUT2D eigenvalue weighted by molar-refractivity contribution is 5.50. The molecule has 0 heterocycles. The number of nitrogens with two attached hydrogens (primary N) is 1. The van der Waals surface area contributed by atoms with Gasteiger partial charge in [-0.05, 0) is 56.9 Å². The molecule has 0 bridgehead atoms. The molecule has 0 aliphatic carbocycles. The largest absolute Gasteiger partial charge is 0.372 e. The van der Waals surface area contributed by atoms with E-state index in [0.717, 1.165) is 19.5 Å². The number of aryl methyl sites for hydroxylation is 1. The van der Waals surface area contributed by atoms with E-state index in [1.165, 1.54) is 23.2 Å². The van der Waals surface area contributed by atoms with Crippen molar-refractivity contribution >= 4 is 5.69 Å². The lowest BCUT2D eigenvalue weighted by Gasteiger charge is -2.23. The van der Waals surface area contributed by atoms with Crippen LogP contribution >= 0.6 is 0 Å². The van der Waals surface area contributed by atoms with Crippen molar-refractivity contribution in [3.63, 3.8) is 0 Å². The van der Waals surface area contributed by atoms with Crippen LogP contribution in [0.4, 0.5) is 5.69 Å². The lowest BCUT2D eigenvalue weighted by Crippen LogP contribution is -2.23. The average Bonchev–Trinajstić information content (AvgIpc) is 2.28. The van der Waals surface area contributed by atoms with Crippen molar-refractivity contribution in [2.24, 2.45) is 5.73 Å². The van der Waals surface area contributed by atoms with Gasteiger partial charge in [-0.25, -0.2) is 0 Å². The highest BCUT2D eigenvalue weighted by Crippen LogP contribution is 2.20. The number of nitrogens with zero attached hydrogens (tertiary/aromatic N) is 1. The highest BCUT2D eigenvalue weighted by Gasteiger charge is 2.06. The zero-order chi connectivity index (χ0) is 12.8. The van der Waals surface area contributed by atoms with Gasteiger partial charge in [0.15, 0.2) is 0 Å². The van der Waals surface area contributed by atoms with E-state index in [9.17, 15) is 0 Å². The summed E-state index contributed by atoms with van der Waals surface area (Å²) < 4.78 is 0. The zero-order valence-electron chi connectivity index (χ0n) is 11.7. The van der Waals surface area contributed by atoms with Gasteiger partial charge in [-0.1, -0.05) is 13.0 Å². The predicted molar refractivity (Wildman–Crippen MR) is 76.7 cm³/mol. The fourth-order valence-corrected chi connectivity index (χ4v) is 2.19. The minimum atomic E-state index is 0.234. The Kier molecular flexibility index (Phi) is 5.49. The standard InChI is InChI=1S/C15H26N2/c1-5-9-17(6-2)15-8-7-14(11-13(4)16)12(3)10-15/h7-8,10,13H,5-6,9,11,16H2,1-4H3. The van der Waals surface area contributed by atoms with Crippen LogP contribution in [0.3, 0.4) is 0 Å². The lowest BCUT2D eigenvalue weighted by atomic mass is 10.0. The van der Waals surface area contributed by atoms with E-state index in [1.807, 2.05) is 0 Å². The first-order valence-corrected chi connectivity index (χ1v) is 6.68. The molecule has 0 saturated carbocycles. The van der Waals surface area contributed by atoms with Gasteiger partial charge in [0.1, 0.15) is 0 Å². The molecule has 0 aromatic heterocycles. The molecule has 0 aliphatic heterocycles. The topological polar surface area (TPSA) is 29.3 Å². The third-order valence-electron chi connectivity index (χ3n) is 3.11. The zero-order valence-corrected chi connectivity index (χ0v) is 11.7. The van der Waals surface area contributed by atoms with E-state index < -0.39 is 0 Å². The minimum Gasteiger partial charge on any atom is -0.372 e. The van der Waals surface area contributed by atoms with Gasteiger partial charge < -0.3 is 10.6 Å². The summed E-state index contributed by atoms with van der Waals surface area (Å²) in [7, 11) is 0. The highest BCUT2D eigenvalue weighted by atomic mass is 15.1. The Bertz CT molecular complexity index is 345. The Balaban J connectivity index is 2.86. The van der Waals surface area contributed by atoms with Crippen LogP contribution in [0.5, 0.6) is 0 Å². The van der Waals surface area contributed by atoms with Gasteiger partial charge in [0.25, 0.3) is 0 Å². The molecule has 1 aromatic rings. The molecule has 1 rings (SSSR count). The molecule has 1 aromatic carbocycles. The van der Waals surface area contributed by atoms with Gasteiger partial charge in [-0.3, -0.25) is 0 Å². The van der Waals surface area contributed by atoms with Crippen LogP contribution in [-0.4, -0.2) is 19.1 Å².